The number of rotatable bonds is 2. The van der Waals surface area contributed by atoms with Gasteiger partial charge in [-0.2, -0.15) is 0 Å². The number of halogens is 1. The molecular formula is C13H19ClN2O2. The summed E-state index contributed by atoms with van der Waals surface area (Å²) in [6.45, 7) is 7.48. The van der Waals surface area contributed by atoms with Gasteiger partial charge in [-0.05, 0) is 5.41 Å². The minimum atomic E-state index is -0.164. The lowest BCUT2D eigenvalue weighted by molar-refractivity contribution is 0.00807. The van der Waals surface area contributed by atoms with Crippen LogP contribution in [0.5, 0.6) is 0 Å². The summed E-state index contributed by atoms with van der Waals surface area (Å²) in [6.07, 6.45) is 0.619. The third-order valence-corrected chi connectivity index (χ3v) is 3.36. The van der Waals surface area contributed by atoms with Crippen molar-refractivity contribution in [2.24, 2.45) is 5.41 Å². The van der Waals surface area contributed by atoms with Gasteiger partial charge in [0, 0.05) is 19.1 Å². The number of hydrogen-bond acceptors (Lipinski definition) is 4. The standard InChI is InChI=1S/C13H19ClN2O2/c1-13(2,3)10(17-4)12-15-9-5-6-18-7-8(9)11(14)16-12/h10H,5-7H2,1-4H3. The molecule has 0 radical (unpaired) electrons. The molecule has 1 aliphatic heterocycles. The van der Waals surface area contributed by atoms with Crippen LogP contribution in [-0.2, 0) is 22.5 Å². The quantitative estimate of drug-likeness (QED) is 0.775. The summed E-state index contributed by atoms with van der Waals surface area (Å²) in [6, 6.07) is 0. The van der Waals surface area contributed by atoms with Crippen LogP contribution in [0.25, 0.3) is 0 Å². The number of nitrogens with zero attached hydrogens (tertiary/aromatic N) is 2. The molecule has 5 heteroatoms. The molecule has 1 aliphatic rings. The van der Waals surface area contributed by atoms with E-state index in [-0.39, 0.29) is 11.5 Å². The molecule has 0 aliphatic carbocycles. The molecular weight excluding hydrogens is 252 g/mol. The van der Waals surface area contributed by atoms with Gasteiger partial charge in [-0.1, -0.05) is 32.4 Å². The van der Waals surface area contributed by atoms with Crippen molar-refractivity contribution in [1.29, 1.82) is 0 Å². The second-order valence-corrected chi connectivity index (χ2v) is 5.94. The minimum Gasteiger partial charge on any atom is -0.376 e. The monoisotopic (exact) mass is 270 g/mol. The van der Waals surface area contributed by atoms with E-state index < -0.39 is 0 Å². The van der Waals surface area contributed by atoms with Gasteiger partial charge in [0.25, 0.3) is 0 Å². The smallest absolute Gasteiger partial charge is 0.159 e. The fourth-order valence-corrected chi connectivity index (χ4v) is 2.42. The van der Waals surface area contributed by atoms with Crippen LogP contribution in [-0.4, -0.2) is 23.7 Å². The molecule has 2 heterocycles. The summed E-state index contributed by atoms with van der Waals surface area (Å²) in [5.41, 5.74) is 1.83. The Bertz CT molecular complexity index is 443. The van der Waals surface area contributed by atoms with Gasteiger partial charge in [0.05, 0.1) is 18.9 Å². The largest absolute Gasteiger partial charge is 0.376 e. The van der Waals surface area contributed by atoms with E-state index >= 15 is 0 Å². The van der Waals surface area contributed by atoms with Crippen LogP contribution < -0.4 is 0 Å². The topological polar surface area (TPSA) is 44.2 Å². The summed E-state index contributed by atoms with van der Waals surface area (Å²) in [5, 5.41) is 0.487. The highest BCUT2D eigenvalue weighted by Gasteiger charge is 2.30. The number of aromatic nitrogens is 2. The Labute approximate surface area is 113 Å². The van der Waals surface area contributed by atoms with Crippen molar-refractivity contribution < 1.29 is 9.47 Å². The normalized spacial score (nSPS) is 17.4. The van der Waals surface area contributed by atoms with E-state index in [1.165, 1.54) is 0 Å². The first kappa shape index (κ1) is 13.7. The molecule has 0 aromatic carbocycles. The molecule has 0 N–H and O–H groups in total. The molecule has 0 spiro atoms. The van der Waals surface area contributed by atoms with Crippen molar-refractivity contribution in [2.45, 2.75) is 39.9 Å². The summed E-state index contributed by atoms with van der Waals surface area (Å²) >= 11 is 6.21. The molecule has 100 valence electrons. The first-order valence-corrected chi connectivity index (χ1v) is 6.47. The van der Waals surface area contributed by atoms with Crippen molar-refractivity contribution in [3.8, 4) is 0 Å². The predicted molar refractivity (Wildman–Crippen MR) is 69.6 cm³/mol. The van der Waals surface area contributed by atoms with Crippen molar-refractivity contribution in [1.82, 2.24) is 9.97 Å². The summed E-state index contributed by atoms with van der Waals surface area (Å²) in [5.74, 6) is 0.663. The van der Waals surface area contributed by atoms with E-state index in [4.69, 9.17) is 21.1 Å². The van der Waals surface area contributed by atoms with Gasteiger partial charge in [0.15, 0.2) is 5.82 Å². The molecule has 0 fully saturated rings. The number of fused-ring (bicyclic) bond motifs is 1. The van der Waals surface area contributed by atoms with Crippen LogP contribution in [0.2, 0.25) is 5.15 Å². The molecule has 1 unspecified atom stereocenters. The Kier molecular flexibility index (Phi) is 3.90. The molecule has 0 saturated carbocycles. The maximum atomic E-state index is 6.21. The van der Waals surface area contributed by atoms with Gasteiger partial charge in [-0.3, -0.25) is 0 Å². The van der Waals surface area contributed by atoms with Crippen LogP contribution in [0.1, 0.15) is 44.0 Å². The number of hydrogen-bond donors (Lipinski definition) is 0. The molecule has 1 aromatic rings. The molecule has 0 amide bonds. The van der Waals surface area contributed by atoms with E-state index in [1.54, 1.807) is 7.11 Å². The van der Waals surface area contributed by atoms with Crippen LogP contribution in [0.4, 0.5) is 0 Å². The maximum absolute atomic E-state index is 6.21. The van der Waals surface area contributed by atoms with Crippen LogP contribution >= 0.6 is 11.6 Å². The van der Waals surface area contributed by atoms with E-state index in [0.717, 1.165) is 17.7 Å². The molecule has 1 aromatic heterocycles. The Hall–Kier alpha value is -0.710. The van der Waals surface area contributed by atoms with Crippen LogP contribution in [0.15, 0.2) is 0 Å². The average Bonchev–Trinajstić information content (AvgIpc) is 2.28. The zero-order valence-electron chi connectivity index (χ0n) is 11.3. The minimum absolute atomic E-state index is 0.0719. The van der Waals surface area contributed by atoms with Gasteiger partial charge in [0.1, 0.15) is 11.3 Å². The van der Waals surface area contributed by atoms with Crippen LogP contribution in [0.3, 0.4) is 0 Å². The summed E-state index contributed by atoms with van der Waals surface area (Å²) in [4.78, 5) is 8.98. The van der Waals surface area contributed by atoms with Gasteiger partial charge >= 0.3 is 0 Å². The van der Waals surface area contributed by atoms with E-state index in [2.05, 4.69) is 30.7 Å². The fraction of sp³-hybridized carbons (Fsp3) is 0.692. The Balaban J connectivity index is 2.43. The predicted octanol–water partition coefficient (Wildman–Crippen LogP) is 2.94. The second-order valence-electron chi connectivity index (χ2n) is 5.58. The van der Waals surface area contributed by atoms with Crippen molar-refractivity contribution in [2.75, 3.05) is 13.7 Å². The summed E-state index contributed by atoms with van der Waals surface area (Å²) < 4.78 is 10.9. The van der Waals surface area contributed by atoms with E-state index in [1.807, 2.05) is 0 Å². The first-order chi connectivity index (χ1) is 8.43. The SMILES string of the molecule is COC(c1nc(Cl)c2c(n1)CCOC2)C(C)(C)C. The molecule has 0 bridgehead atoms. The molecule has 18 heavy (non-hydrogen) atoms. The molecule has 2 rings (SSSR count). The van der Waals surface area contributed by atoms with Crippen molar-refractivity contribution in [3.05, 3.63) is 22.2 Å². The second kappa shape index (κ2) is 5.11. The maximum Gasteiger partial charge on any atom is 0.159 e. The number of methoxy groups -OCH3 is 1. The van der Waals surface area contributed by atoms with Gasteiger partial charge in [0.2, 0.25) is 0 Å². The third-order valence-electron chi connectivity index (χ3n) is 3.05. The molecule has 1 atom stereocenters. The summed E-state index contributed by atoms with van der Waals surface area (Å²) in [7, 11) is 1.68. The lowest BCUT2D eigenvalue weighted by Crippen LogP contribution is -2.24. The van der Waals surface area contributed by atoms with E-state index in [0.29, 0.717) is 24.2 Å². The highest BCUT2D eigenvalue weighted by Crippen LogP contribution is 2.35. The zero-order chi connectivity index (χ0) is 13.3. The van der Waals surface area contributed by atoms with Crippen LogP contribution in [0, 0.1) is 5.41 Å². The highest BCUT2D eigenvalue weighted by atomic mass is 35.5. The van der Waals surface area contributed by atoms with Gasteiger partial charge < -0.3 is 9.47 Å². The van der Waals surface area contributed by atoms with Crippen molar-refractivity contribution >= 4 is 11.6 Å². The van der Waals surface area contributed by atoms with Gasteiger partial charge in [-0.25, -0.2) is 9.97 Å². The lowest BCUT2D eigenvalue weighted by Gasteiger charge is -2.29. The Morgan fingerprint density at radius 1 is 1.33 bits per heavy atom. The first-order valence-electron chi connectivity index (χ1n) is 6.09. The molecule has 4 nitrogen and oxygen atoms in total. The fourth-order valence-electron chi connectivity index (χ4n) is 2.17. The Morgan fingerprint density at radius 3 is 2.67 bits per heavy atom. The third kappa shape index (κ3) is 2.66. The highest BCUT2D eigenvalue weighted by molar-refractivity contribution is 6.30. The lowest BCUT2D eigenvalue weighted by atomic mass is 9.88. The number of ether oxygens (including phenoxy) is 2. The van der Waals surface area contributed by atoms with Crippen molar-refractivity contribution in [3.63, 3.8) is 0 Å². The van der Waals surface area contributed by atoms with E-state index in [9.17, 15) is 0 Å². The average molecular weight is 271 g/mol. The van der Waals surface area contributed by atoms with Gasteiger partial charge in [-0.15, -0.1) is 0 Å². The molecule has 0 saturated heterocycles. The Morgan fingerprint density at radius 2 is 2.06 bits per heavy atom. The zero-order valence-corrected chi connectivity index (χ0v) is 12.0.